The number of carbonyl (C=O) groups is 2. The molecule has 1 heterocycles. The molecule has 1 N–H and O–H groups in total. The van der Waals surface area contributed by atoms with E-state index in [2.05, 4.69) is 10.2 Å². The molecule has 1 aliphatic heterocycles. The number of carbonyl (C=O) groups excluding carboxylic acids is 2. The van der Waals surface area contributed by atoms with E-state index >= 15 is 0 Å². The molecular formula is C17H22ClN3O2. The molecule has 0 bridgehead atoms. The predicted octanol–water partition coefficient (Wildman–Crippen LogP) is 2.22. The van der Waals surface area contributed by atoms with Crippen LogP contribution in [0.3, 0.4) is 0 Å². The number of amides is 2. The Kier molecular flexibility index (Phi) is 5.18. The molecule has 0 unspecified atom stereocenters. The largest absolute Gasteiger partial charge is 0.340 e. The second-order valence-corrected chi connectivity index (χ2v) is 6.69. The van der Waals surface area contributed by atoms with Gasteiger partial charge in [0.05, 0.1) is 0 Å². The van der Waals surface area contributed by atoms with Crippen molar-refractivity contribution in [1.29, 1.82) is 0 Å². The summed E-state index contributed by atoms with van der Waals surface area (Å²) in [5.41, 5.74) is 0.724. The van der Waals surface area contributed by atoms with Crippen LogP contribution in [0.4, 0.5) is 5.69 Å². The third-order valence-corrected chi connectivity index (χ3v) is 4.61. The van der Waals surface area contributed by atoms with E-state index in [-0.39, 0.29) is 5.91 Å². The monoisotopic (exact) mass is 335 g/mol. The fraction of sp³-hybridized carbons (Fsp3) is 0.529. The van der Waals surface area contributed by atoms with E-state index in [0.717, 1.165) is 51.3 Å². The second-order valence-electron chi connectivity index (χ2n) is 6.25. The van der Waals surface area contributed by atoms with E-state index in [1.807, 2.05) is 17.0 Å². The van der Waals surface area contributed by atoms with Crippen molar-refractivity contribution >= 4 is 29.1 Å². The number of nitrogens with one attached hydrogen (secondary N) is 1. The molecule has 1 aromatic rings. The molecule has 124 valence electrons. The van der Waals surface area contributed by atoms with E-state index in [4.69, 9.17) is 11.6 Å². The van der Waals surface area contributed by atoms with E-state index in [1.165, 1.54) is 0 Å². The van der Waals surface area contributed by atoms with Crippen molar-refractivity contribution in [2.75, 3.05) is 38.0 Å². The van der Waals surface area contributed by atoms with Crippen molar-refractivity contribution in [2.24, 2.45) is 5.92 Å². The number of piperazine rings is 1. The summed E-state index contributed by atoms with van der Waals surface area (Å²) in [5, 5.41) is 3.47. The van der Waals surface area contributed by atoms with Crippen LogP contribution < -0.4 is 5.32 Å². The minimum absolute atomic E-state index is 0.0104. The third kappa shape index (κ3) is 4.69. The first-order valence-electron chi connectivity index (χ1n) is 8.18. The number of rotatable bonds is 5. The molecule has 5 nitrogen and oxygen atoms in total. The normalized spacial score (nSPS) is 18.7. The van der Waals surface area contributed by atoms with Crippen molar-refractivity contribution in [2.45, 2.75) is 19.3 Å². The number of nitrogens with zero attached hydrogens (tertiary/aromatic N) is 2. The molecule has 2 aliphatic rings. The first-order valence-corrected chi connectivity index (χ1v) is 8.56. The van der Waals surface area contributed by atoms with Gasteiger partial charge in [0, 0.05) is 55.8 Å². The standard InChI is InChI=1S/C17H22ClN3O2/c18-14-2-1-3-15(12-14)19-16(22)6-7-20-8-10-21(11-9-20)17(23)13-4-5-13/h1-3,12-13H,4-11H2,(H,19,22). The molecule has 0 spiro atoms. The molecule has 1 saturated carbocycles. The Morgan fingerprint density at radius 1 is 1.17 bits per heavy atom. The SMILES string of the molecule is O=C(CCN1CCN(C(=O)C2CC2)CC1)Nc1cccc(Cl)c1. The molecule has 0 atom stereocenters. The molecule has 6 heteroatoms. The van der Waals surface area contributed by atoms with Crippen LogP contribution in [-0.2, 0) is 9.59 Å². The maximum Gasteiger partial charge on any atom is 0.225 e. The Bertz CT molecular complexity index is 581. The number of halogens is 1. The highest BCUT2D eigenvalue weighted by molar-refractivity contribution is 6.30. The Labute approximate surface area is 141 Å². The molecule has 3 rings (SSSR count). The summed E-state index contributed by atoms with van der Waals surface area (Å²) in [7, 11) is 0. The molecule has 0 radical (unpaired) electrons. The summed E-state index contributed by atoms with van der Waals surface area (Å²) in [5.74, 6) is 0.608. The highest BCUT2D eigenvalue weighted by Gasteiger charge is 2.34. The summed E-state index contributed by atoms with van der Waals surface area (Å²) in [6.07, 6.45) is 2.56. The molecule has 0 aromatic heterocycles. The topological polar surface area (TPSA) is 52.7 Å². The minimum atomic E-state index is -0.0104. The van der Waals surface area contributed by atoms with Crippen LogP contribution in [0.1, 0.15) is 19.3 Å². The highest BCUT2D eigenvalue weighted by Crippen LogP contribution is 2.31. The van der Waals surface area contributed by atoms with Crippen LogP contribution in [0.5, 0.6) is 0 Å². The summed E-state index contributed by atoms with van der Waals surface area (Å²) in [6.45, 7) is 3.99. The first-order chi connectivity index (χ1) is 11.1. The van der Waals surface area contributed by atoms with Gasteiger partial charge in [-0.05, 0) is 31.0 Å². The van der Waals surface area contributed by atoms with Crippen molar-refractivity contribution < 1.29 is 9.59 Å². The number of hydrogen-bond donors (Lipinski definition) is 1. The predicted molar refractivity (Wildman–Crippen MR) is 90.4 cm³/mol. The van der Waals surface area contributed by atoms with Gasteiger partial charge in [-0.1, -0.05) is 17.7 Å². The third-order valence-electron chi connectivity index (χ3n) is 4.37. The zero-order valence-electron chi connectivity index (χ0n) is 13.1. The van der Waals surface area contributed by atoms with Gasteiger partial charge in [-0.15, -0.1) is 0 Å². The van der Waals surface area contributed by atoms with Gasteiger partial charge in [-0.3, -0.25) is 14.5 Å². The summed E-state index contributed by atoms with van der Waals surface area (Å²) < 4.78 is 0. The fourth-order valence-corrected chi connectivity index (χ4v) is 3.02. The minimum Gasteiger partial charge on any atom is -0.340 e. The zero-order valence-corrected chi connectivity index (χ0v) is 13.9. The maximum atomic E-state index is 12.0. The van der Waals surface area contributed by atoms with Gasteiger partial charge < -0.3 is 10.2 Å². The lowest BCUT2D eigenvalue weighted by atomic mass is 10.2. The lowest BCUT2D eigenvalue weighted by Gasteiger charge is -2.34. The number of hydrogen-bond acceptors (Lipinski definition) is 3. The molecule has 1 aliphatic carbocycles. The van der Waals surface area contributed by atoms with Gasteiger partial charge in [-0.2, -0.15) is 0 Å². The quantitative estimate of drug-likeness (QED) is 0.897. The maximum absolute atomic E-state index is 12.0. The van der Waals surface area contributed by atoms with Crippen LogP contribution in [-0.4, -0.2) is 54.3 Å². The smallest absolute Gasteiger partial charge is 0.225 e. The van der Waals surface area contributed by atoms with Crippen LogP contribution in [0.15, 0.2) is 24.3 Å². The summed E-state index contributed by atoms with van der Waals surface area (Å²) >= 11 is 5.90. The van der Waals surface area contributed by atoms with E-state index in [1.54, 1.807) is 12.1 Å². The molecule has 1 saturated heterocycles. The Hall–Kier alpha value is -1.59. The van der Waals surface area contributed by atoms with Crippen molar-refractivity contribution in [3.63, 3.8) is 0 Å². The van der Waals surface area contributed by atoms with Gasteiger partial charge in [0.2, 0.25) is 11.8 Å². The lowest BCUT2D eigenvalue weighted by molar-refractivity contribution is -0.134. The zero-order chi connectivity index (χ0) is 16.2. The average molecular weight is 336 g/mol. The van der Waals surface area contributed by atoms with Gasteiger partial charge in [-0.25, -0.2) is 0 Å². The summed E-state index contributed by atoms with van der Waals surface area (Å²) in [4.78, 5) is 28.2. The van der Waals surface area contributed by atoms with Gasteiger partial charge in [0.25, 0.3) is 0 Å². The van der Waals surface area contributed by atoms with E-state index in [0.29, 0.717) is 23.3 Å². The second kappa shape index (κ2) is 7.32. The van der Waals surface area contributed by atoms with Gasteiger partial charge in [0.1, 0.15) is 0 Å². The van der Waals surface area contributed by atoms with Crippen molar-refractivity contribution in [1.82, 2.24) is 9.80 Å². The molecular weight excluding hydrogens is 314 g/mol. The molecule has 23 heavy (non-hydrogen) atoms. The fourth-order valence-electron chi connectivity index (χ4n) is 2.83. The molecule has 1 aromatic carbocycles. The highest BCUT2D eigenvalue weighted by atomic mass is 35.5. The average Bonchev–Trinajstić information content (AvgIpc) is 3.38. The Morgan fingerprint density at radius 2 is 1.91 bits per heavy atom. The van der Waals surface area contributed by atoms with Crippen LogP contribution >= 0.6 is 11.6 Å². The number of benzene rings is 1. The van der Waals surface area contributed by atoms with Crippen molar-refractivity contribution in [3.8, 4) is 0 Å². The van der Waals surface area contributed by atoms with E-state index in [9.17, 15) is 9.59 Å². The molecule has 2 fully saturated rings. The summed E-state index contributed by atoms with van der Waals surface area (Å²) in [6, 6.07) is 7.15. The van der Waals surface area contributed by atoms with Gasteiger partial charge in [0.15, 0.2) is 0 Å². The van der Waals surface area contributed by atoms with Crippen LogP contribution in [0, 0.1) is 5.92 Å². The number of anilines is 1. The molecule has 2 amide bonds. The van der Waals surface area contributed by atoms with E-state index < -0.39 is 0 Å². The Balaban J connectivity index is 1.37. The lowest BCUT2D eigenvalue weighted by Crippen LogP contribution is -2.49. The van der Waals surface area contributed by atoms with Gasteiger partial charge >= 0.3 is 0 Å². The van der Waals surface area contributed by atoms with Crippen LogP contribution in [0.2, 0.25) is 5.02 Å². The van der Waals surface area contributed by atoms with Crippen molar-refractivity contribution in [3.05, 3.63) is 29.3 Å². The first kappa shape index (κ1) is 16.3. The van der Waals surface area contributed by atoms with Crippen LogP contribution in [0.25, 0.3) is 0 Å². The Morgan fingerprint density at radius 3 is 2.57 bits per heavy atom.